The van der Waals surface area contributed by atoms with Gasteiger partial charge in [-0.2, -0.15) is 0 Å². The number of amides is 1. The van der Waals surface area contributed by atoms with Crippen molar-refractivity contribution < 1.29 is 18.7 Å². The van der Waals surface area contributed by atoms with E-state index in [1.54, 1.807) is 6.07 Å². The predicted molar refractivity (Wildman–Crippen MR) is 97.2 cm³/mol. The molecule has 0 fully saturated rings. The molecule has 1 aliphatic heterocycles. The highest BCUT2D eigenvalue weighted by Gasteiger charge is 2.26. The van der Waals surface area contributed by atoms with Gasteiger partial charge in [0.25, 0.3) is 5.91 Å². The molecule has 26 heavy (non-hydrogen) atoms. The first-order valence-corrected chi connectivity index (χ1v) is 8.89. The third-order valence-corrected chi connectivity index (χ3v) is 4.90. The van der Waals surface area contributed by atoms with E-state index in [1.807, 2.05) is 30.3 Å². The molecule has 0 radical (unpaired) electrons. The van der Waals surface area contributed by atoms with Crippen molar-refractivity contribution in [2.24, 2.45) is 0 Å². The van der Waals surface area contributed by atoms with Crippen molar-refractivity contribution in [2.45, 2.75) is 6.54 Å². The van der Waals surface area contributed by atoms with Gasteiger partial charge in [0.2, 0.25) is 5.76 Å². The molecule has 1 aromatic heterocycles. The van der Waals surface area contributed by atoms with Gasteiger partial charge in [-0.3, -0.25) is 9.69 Å². The monoisotopic (exact) mass is 370 g/mol. The Balaban J connectivity index is 1.73. The number of fused-ring (bicyclic) bond motifs is 1. The quantitative estimate of drug-likeness (QED) is 0.700. The SMILES string of the molecule is O=C(C1=COCCO1)N(Cc1ccccc1)c1nc2ccc(F)cc2s1. The van der Waals surface area contributed by atoms with Crippen molar-refractivity contribution >= 4 is 32.6 Å². The third-order valence-electron chi connectivity index (χ3n) is 3.86. The van der Waals surface area contributed by atoms with Gasteiger partial charge >= 0.3 is 0 Å². The van der Waals surface area contributed by atoms with Crippen molar-refractivity contribution in [2.75, 3.05) is 18.1 Å². The number of halogens is 1. The number of thiazole rings is 1. The number of rotatable bonds is 4. The Hall–Kier alpha value is -2.93. The topological polar surface area (TPSA) is 51.7 Å². The second-order valence-electron chi connectivity index (χ2n) is 5.69. The third kappa shape index (κ3) is 3.39. The molecule has 3 aromatic rings. The Bertz CT molecular complexity index is 971. The summed E-state index contributed by atoms with van der Waals surface area (Å²) in [6.07, 6.45) is 1.33. The number of benzene rings is 2. The summed E-state index contributed by atoms with van der Waals surface area (Å²) < 4.78 is 24.8. The predicted octanol–water partition coefficient (Wildman–Crippen LogP) is 3.86. The van der Waals surface area contributed by atoms with Crippen LogP contribution in [0, 0.1) is 5.82 Å². The fourth-order valence-electron chi connectivity index (χ4n) is 2.61. The average molecular weight is 370 g/mol. The minimum atomic E-state index is -0.340. The molecule has 132 valence electrons. The van der Waals surface area contributed by atoms with E-state index in [0.29, 0.717) is 35.1 Å². The van der Waals surface area contributed by atoms with Crippen LogP contribution in [-0.2, 0) is 20.8 Å². The average Bonchev–Trinajstić information content (AvgIpc) is 3.10. The van der Waals surface area contributed by atoms with Crippen LogP contribution >= 0.6 is 11.3 Å². The zero-order chi connectivity index (χ0) is 17.9. The van der Waals surface area contributed by atoms with E-state index in [9.17, 15) is 9.18 Å². The van der Waals surface area contributed by atoms with Crippen LogP contribution in [0.5, 0.6) is 0 Å². The molecular formula is C19H15FN2O3S. The molecule has 0 unspecified atom stereocenters. The molecule has 0 aliphatic carbocycles. The Morgan fingerprint density at radius 2 is 2.04 bits per heavy atom. The number of hydrogen-bond donors (Lipinski definition) is 0. The van der Waals surface area contributed by atoms with Crippen molar-refractivity contribution in [3.05, 3.63) is 71.9 Å². The van der Waals surface area contributed by atoms with Crippen LogP contribution in [0.4, 0.5) is 9.52 Å². The molecule has 0 N–H and O–H groups in total. The lowest BCUT2D eigenvalue weighted by Gasteiger charge is -2.23. The van der Waals surface area contributed by atoms with Gasteiger partial charge in [-0.15, -0.1) is 0 Å². The standard InChI is InChI=1S/C19H15FN2O3S/c20-14-6-7-15-17(10-14)26-19(21-15)22(11-13-4-2-1-3-5-13)18(23)16-12-24-8-9-25-16/h1-7,10,12H,8-9,11H2. The van der Waals surface area contributed by atoms with E-state index in [2.05, 4.69) is 4.98 Å². The normalized spacial score (nSPS) is 13.7. The molecule has 2 aromatic carbocycles. The second-order valence-corrected chi connectivity index (χ2v) is 6.70. The largest absolute Gasteiger partial charge is 0.494 e. The molecule has 0 atom stereocenters. The van der Waals surface area contributed by atoms with Gasteiger partial charge in [-0.05, 0) is 23.8 Å². The lowest BCUT2D eigenvalue weighted by atomic mass is 10.2. The fraction of sp³-hybridized carbons (Fsp3) is 0.158. The molecule has 4 rings (SSSR count). The molecule has 0 bridgehead atoms. The van der Waals surface area contributed by atoms with Gasteiger partial charge in [-0.1, -0.05) is 41.7 Å². The molecule has 0 spiro atoms. The molecule has 1 amide bonds. The van der Waals surface area contributed by atoms with Gasteiger partial charge in [-0.25, -0.2) is 9.37 Å². The summed E-state index contributed by atoms with van der Waals surface area (Å²) in [7, 11) is 0. The fourth-order valence-corrected chi connectivity index (χ4v) is 3.60. The minimum absolute atomic E-state index is 0.137. The lowest BCUT2D eigenvalue weighted by molar-refractivity contribution is -0.119. The summed E-state index contributed by atoms with van der Waals surface area (Å²) in [5.74, 6) is -0.536. The van der Waals surface area contributed by atoms with Gasteiger partial charge in [0.1, 0.15) is 25.3 Å². The lowest BCUT2D eigenvalue weighted by Crippen LogP contribution is -2.33. The van der Waals surface area contributed by atoms with Crippen LogP contribution in [0.25, 0.3) is 10.2 Å². The van der Waals surface area contributed by atoms with E-state index in [4.69, 9.17) is 9.47 Å². The summed E-state index contributed by atoms with van der Waals surface area (Å²) in [4.78, 5) is 19.0. The molecule has 7 heteroatoms. The van der Waals surface area contributed by atoms with Crippen LogP contribution < -0.4 is 4.90 Å². The number of anilines is 1. The summed E-state index contributed by atoms with van der Waals surface area (Å²) in [5.41, 5.74) is 1.59. The van der Waals surface area contributed by atoms with Crippen LogP contribution in [0.1, 0.15) is 5.56 Å². The zero-order valence-electron chi connectivity index (χ0n) is 13.7. The van der Waals surface area contributed by atoms with E-state index in [0.717, 1.165) is 5.56 Å². The van der Waals surface area contributed by atoms with Crippen molar-refractivity contribution in [1.29, 1.82) is 0 Å². The van der Waals surface area contributed by atoms with E-state index >= 15 is 0 Å². The Morgan fingerprint density at radius 1 is 1.19 bits per heavy atom. The Morgan fingerprint density at radius 3 is 2.81 bits per heavy atom. The van der Waals surface area contributed by atoms with Crippen LogP contribution in [-0.4, -0.2) is 24.1 Å². The van der Waals surface area contributed by atoms with Crippen molar-refractivity contribution in [3.63, 3.8) is 0 Å². The van der Waals surface area contributed by atoms with Crippen LogP contribution in [0.15, 0.2) is 60.6 Å². The Labute approximate surface area is 153 Å². The summed E-state index contributed by atoms with van der Waals surface area (Å²) in [6, 6.07) is 14.0. The maximum Gasteiger partial charge on any atom is 0.298 e. The number of ether oxygens (including phenoxy) is 2. The summed E-state index contributed by atoms with van der Waals surface area (Å²) in [6.45, 7) is 1.06. The molecular weight excluding hydrogens is 355 g/mol. The van der Waals surface area contributed by atoms with E-state index in [1.165, 1.54) is 34.6 Å². The highest BCUT2D eigenvalue weighted by atomic mass is 32.1. The van der Waals surface area contributed by atoms with Gasteiger partial charge < -0.3 is 9.47 Å². The van der Waals surface area contributed by atoms with Crippen molar-refractivity contribution in [1.82, 2.24) is 4.98 Å². The smallest absolute Gasteiger partial charge is 0.298 e. The molecule has 0 saturated carbocycles. The number of hydrogen-bond acceptors (Lipinski definition) is 5. The molecule has 1 aliphatic rings. The number of carbonyl (C=O) groups is 1. The summed E-state index contributed by atoms with van der Waals surface area (Å²) >= 11 is 1.26. The highest BCUT2D eigenvalue weighted by Crippen LogP contribution is 2.31. The zero-order valence-corrected chi connectivity index (χ0v) is 14.5. The van der Waals surface area contributed by atoms with Gasteiger partial charge in [0.15, 0.2) is 5.13 Å². The minimum Gasteiger partial charge on any atom is -0.494 e. The Kier molecular flexibility index (Phi) is 4.53. The second kappa shape index (κ2) is 7.13. The first kappa shape index (κ1) is 16.5. The van der Waals surface area contributed by atoms with Crippen LogP contribution in [0.3, 0.4) is 0 Å². The van der Waals surface area contributed by atoms with Gasteiger partial charge in [0.05, 0.1) is 16.8 Å². The number of aromatic nitrogens is 1. The first-order chi connectivity index (χ1) is 12.7. The molecule has 0 saturated heterocycles. The first-order valence-electron chi connectivity index (χ1n) is 8.07. The summed E-state index contributed by atoms with van der Waals surface area (Å²) in [5, 5.41) is 0.481. The van der Waals surface area contributed by atoms with Gasteiger partial charge in [0, 0.05) is 0 Å². The highest BCUT2D eigenvalue weighted by molar-refractivity contribution is 7.22. The van der Waals surface area contributed by atoms with E-state index in [-0.39, 0.29) is 17.5 Å². The number of nitrogens with zero attached hydrogens (tertiary/aromatic N) is 2. The molecule has 5 nitrogen and oxygen atoms in total. The maximum absolute atomic E-state index is 13.5. The number of carbonyl (C=O) groups excluding carboxylic acids is 1. The molecule has 2 heterocycles. The van der Waals surface area contributed by atoms with E-state index < -0.39 is 0 Å². The van der Waals surface area contributed by atoms with Crippen LogP contribution in [0.2, 0.25) is 0 Å². The maximum atomic E-state index is 13.5. The van der Waals surface area contributed by atoms with Crippen molar-refractivity contribution in [3.8, 4) is 0 Å².